The molecule has 2 aromatic heterocycles. The Bertz CT molecular complexity index is 1100. The number of aryl methyl sites for hydroxylation is 1. The number of hydrogen-bond acceptors (Lipinski definition) is 4. The summed E-state index contributed by atoms with van der Waals surface area (Å²) in [5.41, 5.74) is 4.06. The van der Waals surface area contributed by atoms with Crippen molar-refractivity contribution in [2.75, 3.05) is 10.6 Å². The second kappa shape index (κ2) is 7.25. The summed E-state index contributed by atoms with van der Waals surface area (Å²) >= 11 is 0. The van der Waals surface area contributed by atoms with Gasteiger partial charge in [-0.3, -0.25) is 9.78 Å². The predicted molar refractivity (Wildman–Crippen MR) is 108 cm³/mol. The normalized spacial score (nSPS) is 10.6. The van der Waals surface area contributed by atoms with Crippen molar-refractivity contribution >= 4 is 34.0 Å². The molecule has 0 aliphatic heterocycles. The first-order chi connectivity index (χ1) is 13.2. The Labute approximate surface area is 157 Å². The first-order valence-corrected chi connectivity index (χ1v) is 8.64. The zero-order chi connectivity index (χ0) is 18.6. The Morgan fingerprint density at radius 1 is 0.852 bits per heavy atom. The molecular weight excluding hydrogens is 336 g/mol. The maximum absolute atomic E-state index is 12.4. The Balaban J connectivity index is 1.52. The highest BCUT2D eigenvalue weighted by molar-refractivity contribution is 6.04. The third-order valence-electron chi connectivity index (χ3n) is 4.31. The number of aromatic nitrogens is 2. The first kappa shape index (κ1) is 16.7. The summed E-state index contributed by atoms with van der Waals surface area (Å²) in [7, 11) is 0. The van der Waals surface area contributed by atoms with Crippen LogP contribution in [-0.2, 0) is 0 Å². The van der Waals surface area contributed by atoms with E-state index < -0.39 is 0 Å². The average Bonchev–Trinajstić information content (AvgIpc) is 2.70. The van der Waals surface area contributed by atoms with E-state index in [1.165, 1.54) is 0 Å². The molecule has 0 bridgehead atoms. The number of carbonyl (C=O) groups excluding carboxylic acids is 1. The summed E-state index contributed by atoms with van der Waals surface area (Å²) in [6.45, 7) is 1.96. The van der Waals surface area contributed by atoms with Crippen molar-refractivity contribution in [3.05, 3.63) is 90.3 Å². The van der Waals surface area contributed by atoms with Crippen molar-refractivity contribution in [1.82, 2.24) is 9.97 Å². The molecule has 0 radical (unpaired) electrons. The number of pyridine rings is 2. The van der Waals surface area contributed by atoms with Gasteiger partial charge in [-0.15, -0.1) is 0 Å². The van der Waals surface area contributed by atoms with Gasteiger partial charge in [-0.1, -0.05) is 36.4 Å². The largest absolute Gasteiger partial charge is 0.338 e. The second-order valence-corrected chi connectivity index (χ2v) is 6.21. The molecule has 5 nitrogen and oxygen atoms in total. The molecule has 0 atom stereocenters. The van der Waals surface area contributed by atoms with E-state index in [0.29, 0.717) is 11.4 Å². The van der Waals surface area contributed by atoms with Gasteiger partial charge in [-0.25, -0.2) is 4.98 Å². The smallest absolute Gasteiger partial charge is 0.257 e. The third kappa shape index (κ3) is 3.62. The lowest BCUT2D eigenvalue weighted by atomic mass is 10.2. The number of hydrogen-bond donors (Lipinski definition) is 2. The fourth-order valence-corrected chi connectivity index (χ4v) is 2.85. The molecule has 0 spiro atoms. The van der Waals surface area contributed by atoms with E-state index in [9.17, 15) is 4.79 Å². The number of fused-ring (bicyclic) bond motifs is 1. The lowest BCUT2D eigenvalue weighted by Gasteiger charge is -2.10. The summed E-state index contributed by atoms with van der Waals surface area (Å²) in [5, 5.41) is 7.23. The molecule has 0 unspecified atom stereocenters. The third-order valence-corrected chi connectivity index (χ3v) is 4.31. The van der Waals surface area contributed by atoms with E-state index in [1.807, 2.05) is 61.5 Å². The van der Waals surface area contributed by atoms with Crippen molar-refractivity contribution in [3.8, 4) is 0 Å². The van der Waals surface area contributed by atoms with Crippen LogP contribution < -0.4 is 10.6 Å². The zero-order valence-corrected chi connectivity index (χ0v) is 14.8. The van der Waals surface area contributed by atoms with Crippen LogP contribution in [0.4, 0.5) is 17.2 Å². The molecule has 0 saturated heterocycles. The minimum atomic E-state index is -0.185. The maximum atomic E-state index is 12.4. The van der Waals surface area contributed by atoms with Crippen LogP contribution >= 0.6 is 0 Å². The Kier molecular flexibility index (Phi) is 4.49. The summed E-state index contributed by atoms with van der Waals surface area (Å²) in [4.78, 5) is 21.2. The molecule has 2 aromatic carbocycles. The van der Waals surface area contributed by atoms with Crippen LogP contribution in [0.2, 0.25) is 0 Å². The number of carbonyl (C=O) groups is 1. The first-order valence-electron chi connectivity index (χ1n) is 8.64. The lowest BCUT2D eigenvalue weighted by molar-refractivity contribution is 0.102. The number of para-hydroxylation sites is 2. The summed E-state index contributed by atoms with van der Waals surface area (Å²) in [6, 6.07) is 21.1. The molecule has 0 aliphatic carbocycles. The molecule has 1 amide bonds. The summed E-state index contributed by atoms with van der Waals surface area (Å²) in [6.07, 6.45) is 3.33. The van der Waals surface area contributed by atoms with Gasteiger partial charge >= 0.3 is 0 Å². The molecule has 2 N–H and O–H groups in total. The molecule has 27 heavy (non-hydrogen) atoms. The average molecular weight is 354 g/mol. The van der Waals surface area contributed by atoms with Gasteiger partial charge in [0.2, 0.25) is 0 Å². The Morgan fingerprint density at radius 3 is 2.48 bits per heavy atom. The minimum Gasteiger partial charge on any atom is -0.338 e. The number of rotatable bonds is 4. The monoisotopic (exact) mass is 354 g/mol. The van der Waals surface area contributed by atoms with Crippen LogP contribution in [0, 0.1) is 6.92 Å². The highest BCUT2D eigenvalue weighted by atomic mass is 16.1. The second-order valence-electron chi connectivity index (χ2n) is 6.21. The maximum Gasteiger partial charge on any atom is 0.257 e. The van der Waals surface area contributed by atoms with Gasteiger partial charge in [0.15, 0.2) is 0 Å². The fourth-order valence-electron chi connectivity index (χ4n) is 2.85. The highest BCUT2D eigenvalue weighted by Gasteiger charge is 2.09. The van der Waals surface area contributed by atoms with Gasteiger partial charge in [0, 0.05) is 23.5 Å². The van der Waals surface area contributed by atoms with Crippen molar-refractivity contribution in [3.63, 3.8) is 0 Å². The number of nitrogens with zero attached hydrogens (tertiary/aromatic N) is 2. The van der Waals surface area contributed by atoms with Gasteiger partial charge in [-0.05, 0) is 42.8 Å². The molecule has 2 heterocycles. The van der Waals surface area contributed by atoms with Gasteiger partial charge < -0.3 is 10.6 Å². The van der Waals surface area contributed by atoms with E-state index in [1.54, 1.807) is 24.5 Å². The van der Waals surface area contributed by atoms with Crippen LogP contribution in [0.25, 0.3) is 10.9 Å². The zero-order valence-electron chi connectivity index (χ0n) is 14.8. The summed E-state index contributed by atoms with van der Waals surface area (Å²) < 4.78 is 0. The van der Waals surface area contributed by atoms with E-state index in [4.69, 9.17) is 0 Å². The van der Waals surface area contributed by atoms with Crippen LogP contribution in [0.15, 0.2) is 79.1 Å². The highest BCUT2D eigenvalue weighted by Crippen LogP contribution is 2.23. The molecule has 4 aromatic rings. The van der Waals surface area contributed by atoms with E-state index in [2.05, 4.69) is 20.6 Å². The van der Waals surface area contributed by atoms with Crippen LogP contribution in [-0.4, -0.2) is 15.9 Å². The van der Waals surface area contributed by atoms with Crippen LogP contribution in [0.1, 0.15) is 15.9 Å². The van der Waals surface area contributed by atoms with E-state index in [-0.39, 0.29) is 5.91 Å². The van der Waals surface area contributed by atoms with E-state index >= 15 is 0 Å². The van der Waals surface area contributed by atoms with Gasteiger partial charge in [0.25, 0.3) is 5.91 Å². The van der Waals surface area contributed by atoms with Crippen molar-refractivity contribution in [2.45, 2.75) is 6.92 Å². The van der Waals surface area contributed by atoms with Crippen molar-refractivity contribution in [1.29, 1.82) is 0 Å². The lowest BCUT2D eigenvalue weighted by Crippen LogP contribution is -2.13. The fraction of sp³-hybridized carbons (Fsp3) is 0.0455. The Morgan fingerprint density at radius 2 is 1.67 bits per heavy atom. The van der Waals surface area contributed by atoms with Crippen LogP contribution in [0.5, 0.6) is 0 Å². The molecule has 0 aliphatic rings. The number of anilines is 3. The Hall–Kier alpha value is -3.73. The van der Waals surface area contributed by atoms with Gasteiger partial charge in [0.05, 0.1) is 16.8 Å². The van der Waals surface area contributed by atoms with Gasteiger partial charge in [-0.2, -0.15) is 0 Å². The van der Waals surface area contributed by atoms with Crippen molar-refractivity contribution < 1.29 is 4.79 Å². The van der Waals surface area contributed by atoms with Crippen LogP contribution in [0.3, 0.4) is 0 Å². The topological polar surface area (TPSA) is 66.9 Å². The molecular formula is C22H18N4O. The number of nitrogens with one attached hydrogen (secondary N) is 2. The van der Waals surface area contributed by atoms with E-state index in [0.717, 1.165) is 27.8 Å². The number of benzene rings is 2. The summed E-state index contributed by atoms with van der Waals surface area (Å²) in [5.74, 6) is 0.468. The number of amides is 1. The van der Waals surface area contributed by atoms with Crippen molar-refractivity contribution in [2.24, 2.45) is 0 Å². The van der Waals surface area contributed by atoms with Gasteiger partial charge in [0.1, 0.15) is 5.82 Å². The SMILES string of the molecule is Cc1ccccc1NC(=O)c1ccc(Nc2cccc3cccnc23)nc1. The predicted octanol–water partition coefficient (Wildman–Crippen LogP) is 4.93. The standard InChI is InChI=1S/C22H18N4O/c1-15-6-2-3-9-18(15)26-22(27)17-11-12-20(24-14-17)25-19-10-4-7-16-8-5-13-23-21(16)19/h2-14H,1H3,(H,24,25)(H,26,27). The molecule has 0 saturated carbocycles. The quantitative estimate of drug-likeness (QED) is 0.545. The molecule has 4 rings (SSSR count). The molecule has 0 fully saturated rings. The minimum absolute atomic E-state index is 0.185. The molecule has 5 heteroatoms. The molecule has 132 valence electrons.